The van der Waals surface area contributed by atoms with Crippen molar-refractivity contribution in [2.75, 3.05) is 38.2 Å². The molecule has 0 amide bonds. The lowest BCUT2D eigenvalue weighted by molar-refractivity contribution is -0.384. The molecule has 8 nitrogen and oxygen atoms in total. The Morgan fingerprint density at radius 2 is 1.93 bits per heavy atom. The normalized spacial score (nSPS) is 15.4. The summed E-state index contributed by atoms with van der Waals surface area (Å²) in [6.07, 6.45) is 0. The Balaban J connectivity index is 1.82. The quantitative estimate of drug-likeness (QED) is 0.421. The van der Waals surface area contributed by atoms with Crippen LogP contribution >= 0.6 is 11.6 Å². The van der Waals surface area contributed by atoms with Gasteiger partial charge in [-0.15, -0.1) is 0 Å². The van der Waals surface area contributed by atoms with Gasteiger partial charge in [0.25, 0.3) is 5.69 Å². The molecule has 0 N–H and O–H groups in total. The molecule has 1 aliphatic heterocycles. The number of piperazine rings is 1. The number of nitro benzene ring substituents is 1. The fraction of sp³-hybridized carbons (Fsp3) is 0.300. The highest BCUT2D eigenvalue weighted by Gasteiger charge is 2.33. The molecule has 1 aliphatic rings. The van der Waals surface area contributed by atoms with Gasteiger partial charge in [-0.1, -0.05) is 29.8 Å². The van der Waals surface area contributed by atoms with Crippen molar-refractivity contribution in [2.24, 2.45) is 0 Å². The first-order chi connectivity index (χ1) is 14.0. The maximum Gasteiger partial charge on any atom is 0.327 e. The molecule has 0 aromatic heterocycles. The van der Waals surface area contributed by atoms with Gasteiger partial charge in [0.15, 0.2) is 0 Å². The van der Waals surface area contributed by atoms with Crippen LogP contribution in [-0.4, -0.2) is 49.1 Å². The number of anilines is 1. The lowest BCUT2D eigenvalue weighted by Crippen LogP contribution is -2.49. The number of hydrogen-bond acceptors (Lipinski definition) is 7. The zero-order valence-corrected chi connectivity index (χ0v) is 16.5. The van der Waals surface area contributed by atoms with Gasteiger partial charge in [0.05, 0.1) is 23.7 Å². The molecule has 0 spiro atoms. The second-order valence-electron chi connectivity index (χ2n) is 6.54. The van der Waals surface area contributed by atoms with Crippen LogP contribution in [0.25, 0.3) is 0 Å². The number of nitro groups is 1. The van der Waals surface area contributed by atoms with Crippen molar-refractivity contribution in [1.82, 2.24) is 4.90 Å². The summed E-state index contributed by atoms with van der Waals surface area (Å²) in [7, 11) is 1.34. The lowest BCUT2D eigenvalue weighted by atomic mass is 10.0. The molecule has 0 saturated carbocycles. The van der Waals surface area contributed by atoms with Gasteiger partial charge in [0.2, 0.25) is 0 Å². The first-order valence-corrected chi connectivity index (χ1v) is 9.34. The highest BCUT2D eigenvalue weighted by Crippen LogP contribution is 2.33. The number of benzene rings is 2. The van der Waals surface area contributed by atoms with Gasteiger partial charge in [-0.2, -0.15) is 5.26 Å². The molecule has 2 aromatic rings. The summed E-state index contributed by atoms with van der Waals surface area (Å²) in [6.45, 7) is 1.93. The van der Waals surface area contributed by atoms with Gasteiger partial charge < -0.3 is 9.64 Å². The second-order valence-corrected chi connectivity index (χ2v) is 6.95. The smallest absolute Gasteiger partial charge is 0.327 e. The average molecular weight is 415 g/mol. The standard InChI is InChI=1S/C20H19ClN4O4/c1-29-20(26)19(15-4-2-3-5-16(15)21)24-10-8-23(9-11-24)17-7-6-14(13-22)12-18(17)25(27)28/h2-7,12,19H,8-11H2,1H3/t19-/m1/s1. The monoisotopic (exact) mass is 414 g/mol. The van der Waals surface area contributed by atoms with E-state index >= 15 is 0 Å². The predicted octanol–water partition coefficient (Wildman–Crippen LogP) is 3.16. The van der Waals surface area contributed by atoms with Gasteiger partial charge in [-0.05, 0) is 23.8 Å². The molecule has 1 heterocycles. The van der Waals surface area contributed by atoms with Crippen LogP contribution in [0.1, 0.15) is 17.2 Å². The van der Waals surface area contributed by atoms with Crippen LogP contribution in [-0.2, 0) is 9.53 Å². The molecule has 3 rings (SSSR count). The number of halogens is 1. The highest BCUT2D eigenvalue weighted by molar-refractivity contribution is 6.31. The van der Waals surface area contributed by atoms with Crippen molar-refractivity contribution in [3.05, 3.63) is 68.7 Å². The van der Waals surface area contributed by atoms with Gasteiger partial charge >= 0.3 is 5.97 Å². The number of esters is 1. The van der Waals surface area contributed by atoms with Crippen LogP contribution in [0, 0.1) is 21.4 Å². The van der Waals surface area contributed by atoms with E-state index in [4.69, 9.17) is 21.6 Å². The van der Waals surface area contributed by atoms with E-state index in [1.807, 2.05) is 21.9 Å². The van der Waals surface area contributed by atoms with Crippen LogP contribution in [0.2, 0.25) is 5.02 Å². The molecule has 9 heteroatoms. The molecule has 1 atom stereocenters. The predicted molar refractivity (Wildman–Crippen MR) is 108 cm³/mol. The molecular formula is C20H19ClN4O4. The van der Waals surface area contributed by atoms with Gasteiger partial charge in [0.1, 0.15) is 11.7 Å². The first kappa shape index (κ1) is 20.6. The van der Waals surface area contributed by atoms with E-state index in [9.17, 15) is 14.9 Å². The zero-order chi connectivity index (χ0) is 21.0. The topological polar surface area (TPSA) is 99.7 Å². The summed E-state index contributed by atoms with van der Waals surface area (Å²) in [4.78, 5) is 27.3. The van der Waals surface area contributed by atoms with E-state index in [1.165, 1.54) is 13.2 Å². The van der Waals surface area contributed by atoms with Crippen molar-refractivity contribution in [3.63, 3.8) is 0 Å². The van der Waals surface area contributed by atoms with E-state index in [0.717, 1.165) is 0 Å². The Bertz CT molecular complexity index is 967. The molecular weight excluding hydrogens is 396 g/mol. The highest BCUT2D eigenvalue weighted by atomic mass is 35.5. The molecule has 29 heavy (non-hydrogen) atoms. The molecule has 1 fully saturated rings. The average Bonchev–Trinajstić information content (AvgIpc) is 2.75. The molecule has 2 aromatic carbocycles. The first-order valence-electron chi connectivity index (χ1n) is 8.96. The van der Waals surface area contributed by atoms with Gasteiger partial charge in [-0.3, -0.25) is 15.0 Å². The van der Waals surface area contributed by atoms with Crippen molar-refractivity contribution in [1.29, 1.82) is 5.26 Å². The number of methoxy groups -OCH3 is 1. The number of carbonyl (C=O) groups excluding carboxylic acids is 1. The van der Waals surface area contributed by atoms with Crippen molar-refractivity contribution in [3.8, 4) is 6.07 Å². The zero-order valence-electron chi connectivity index (χ0n) is 15.7. The summed E-state index contributed by atoms with van der Waals surface area (Å²) in [5, 5.41) is 20.9. The van der Waals surface area contributed by atoms with Crippen LogP contribution in [0.4, 0.5) is 11.4 Å². The number of rotatable bonds is 5. The van der Waals surface area contributed by atoms with Crippen LogP contribution < -0.4 is 4.90 Å². The summed E-state index contributed by atoms with van der Waals surface area (Å²) in [6, 6.07) is 12.8. The molecule has 150 valence electrons. The summed E-state index contributed by atoms with van der Waals surface area (Å²) >= 11 is 6.30. The third kappa shape index (κ3) is 4.31. The summed E-state index contributed by atoms with van der Waals surface area (Å²) in [5.41, 5.74) is 1.26. The van der Waals surface area contributed by atoms with Crippen LogP contribution in [0.5, 0.6) is 0 Å². The SMILES string of the molecule is COC(=O)[C@@H](c1ccccc1Cl)N1CCN(c2ccc(C#N)cc2[N+](=O)[O-])CC1. The summed E-state index contributed by atoms with van der Waals surface area (Å²) < 4.78 is 4.99. The maximum absolute atomic E-state index is 12.5. The van der Waals surface area contributed by atoms with E-state index in [2.05, 4.69) is 0 Å². The number of hydrogen-bond donors (Lipinski definition) is 0. The third-order valence-corrected chi connectivity index (χ3v) is 5.29. The minimum absolute atomic E-state index is 0.104. The molecule has 0 aliphatic carbocycles. The molecule has 0 unspecified atom stereocenters. The largest absolute Gasteiger partial charge is 0.468 e. The minimum Gasteiger partial charge on any atom is -0.468 e. The lowest BCUT2D eigenvalue weighted by Gasteiger charge is -2.39. The Labute approximate surface area is 173 Å². The number of nitriles is 1. The number of carbonyl (C=O) groups is 1. The second kappa shape index (κ2) is 8.90. The van der Waals surface area contributed by atoms with Crippen molar-refractivity contribution < 1.29 is 14.5 Å². The molecule has 0 bridgehead atoms. The Kier molecular flexibility index (Phi) is 6.32. The van der Waals surface area contributed by atoms with E-state index in [-0.39, 0.29) is 11.3 Å². The van der Waals surface area contributed by atoms with Gasteiger partial charge in [-0.25, -0.2) is 4.79 Å². The number of ether oxygens (including phenoxy) is 1. The van der Waals surface area contributed by atoms with E-state index in [0.29, 0.717) is 42.5 Å². The molecule has 1 saturated heterocycles. The Morgan fingerprint density at radius 1 is 1.24 bits per heavy atom. The fourth-order valence-electron chi connectivity index (χ4n) is 3.51. The molecule has 0 radical (unpaired) electrons. The number of nitrogens with zero attached hydrogens (tertiary/aromatic N) is 4. The third-order valence-electron chi connectivity index (χ3n) is 4.95. The van der Waals surface area contributed by atoms with E-state index < -0.39 is 16.9 Å². The fourth-order valence-corrected chi connectivity index (χ4v) is 3.75. The Morgan fingerprint density at radius 3 is 2.52 bits per heavy atom. The van der Waals surface area contributed by atoms with Crippen molar-refractivity contribution >= 4 is 28.9 Å². The van der Waals surface area contributed by atoms with E-state index in [1.54, 1.807) is 30.3 Å². The van der Waals surface area contributed by atoms with Crippen molar-refractivity contribution in [2.45, 2.75) is 6.04 Å². The van der Waals surface area contributed by atoms with Crippen LogP contribution in [0.15, 0.2) is 42.5 Å². The van der Waals surface area contributed by atoms with Crippen LogP contribution in [0.3, 0.4) is 0 Å². The Hall–Kier alpha value is -3.15. The van der Waals surface area contributed by atoms with Gasteiger partial charge in [0, 0.05) is 37.3 Å². The minimum atomic E-state index is -0.646. The summed E-state index contributed by atoms with van der Waals surface area (Å²) in [5.74, 6) is -0.407. The maximum atomic E-state index is 12.5.